The summed E-state index contributed by atoms with van der Waals surface area (Å²) in [5.74, 6) is -0.457. The summed E-state index contributed by atoms with van der Waals surface area (Å²) in [7, 11) is 0. The van der Waals surface area contributed by atoms with E-state index in [1.165, 1.54) is 24.3 Å². The van der Waals surface area contributed by atoms with E-state index in [0.29, 0.717) is 24.3 Å². The lowest BCUT2D eigenvalue weighted by Crippen LogP contribution is -2.31. The van der Waals surface area contributed by atoms with Crippen LogP contribution in [0, 0.1) is 5.82 Å². The Bertz CT molecular complexity index is 610. The number of carbonyl (C=O) groups excluding carboxylic acids is 1. The summed E-state index contributed by atoms with van der Waals surface area (Å²) < 4.78 is 13.0. The van der Waals surface area contributed by atoms with E-state index in [1.807, 2.05) is 31.2 Å². The molecular formula is C17H19FN2O. The smallest absolute Gasteiger partial charge is 0.254 e. The Hall–Kier alpha value is -2.36. The lowest BCUT2D eigenvalue weighted by atomic mass is 10.1. The standard InChI is InChI=1S/C17H19FN2O/c1-2-11-20(12-14-5-3-4-6-16(14)19)17(21)13-7-9-15(18)10-8-13/h3-10H,2,11-12,19H2,1H3. The van der Waals surface area contributed by atoms with Crippen molar-refractivity contribution in [3.8, 4) is 0 Å². The second-order valence-electron chi connectivity index (χ2n) is 4.93. The summed E-state index contributed by atoms with van der Waals surface area (Å²) in [4.78, 5) is 14.3. The van der Waals surface area contributed by atoms with Gasteiger partial charge in [0.05, 0.1) is 0 Å². The lowest BCUT2D eigenvalue weighted by Gasteiger charge is -2.23. The third-order valence-corrected chi connectivity index (χ3v) is 3.29. The molecule has 0 heterocycles. The number of nitrogens with two attached hydrogens (primary N) is 1. The van der Waals surface area contributed by atoms with Crippen LogP contribution in [0.4, 0.5) is 10.1 Å². The van der Waals surface area contributed by atoms with E-state index < -0.39 is 0 Å². The molecular weight excluding hydrogens is 267 g/mol. The van der Waals surface area contributed by atoms with Crippen molar-refractivity contribution in [1.82, 2.24) is 4.90 Å². The Morgan fingerprint density at radius 1 is 1.14 bits per heavy atom. The predicted molar refractivity (Wildman–Crippen MR) is 82.3 cm³/mol. The first-order valence-electron chi connectivity index (χ1n) is 7.00. The molecule has 0 aliphatic rings. The van der Waals surface area contributed by atoms with Gasteiger partial charge in [0.1, 0.15) is 5.82 Å². The molecule has 0 aliphatic carbocycles. The highest BCUT2D eigenvalue weighted by Gasteiger charge is 2.16. The Kier molecular flexibility index (Phi) is 4.93. The van der Waals surface area contributed by atoms with Crippen LogP contribution in [0.25, 0.3) is 0 Å². The van der Waals surface area contributed by atoms with E-state index >= 15 is 0 Å². The van der Waals surface area contributed by atoms with Gasteiger partial charge in [0.2, 0.25) is 0 Å². The minimum absolute atomic E-state index is 0.111. The highest BCUT2D eigenvalue weighted by atomic mass is 19.1. The van der Waals surface area contributed by atoms with Gasteiger partial charge in [0.25, 0.3) is 5.91 Å². The van der Waals surface area contributed by atoms with Crippen molar-refractivity contribution in [2.24, 2.45) is 0 Å². The Labute approximate surface area is 124 Å². The SMILES string of the molecule is CCCN(Cc1ccccc1N)C(=O)c1ccc(F)cc1. The zero-order valence-electron chi connectivity index (χ0n) is 12.1. The van der Waals surface area contributed by atoms with E-state index in [9.17, 15) is 9.18 Å². The number of benzene rings is 2. The van der Waals surface area contributed by atoms with E-state index in [-0.39, 0.29) is 11.7 Å². The van der Waals surface area contributed by atoms with Gasteiger partial charge in [0, 0.05) is 24.3 Å². The monoisotopic (exact) mass is 286 g/mol. The van der Waals surface area contributed by atoms with Crippen LogP contribution in [0.1, 0.15) is 29.3 Å². The quantitative estimate of drug-likeness (QED) is 0.856. The minimum atomic E-state index is -0.346. The maximum atomic E-state index is 13.0. The van der Waals surface area contributed by atoms with Gasteiger partial charge in [-0.1, -0.05) is 25.1 Å². The fourth-order valence-electron chi connectivity index (χ4n) is 2.18. The van der Waals surface area contributed by atoms with Crippen molar-refractivity contribution in [3.63, 3.8) is 0 Å². The number of anilines is 1. The summed E-state index contributed by atoms with van der Waals surface area (Å²) in [5, 5.41) is 0. The molecule has 0 atom stereocenters. The molecule has 0 saturated heterocycles. The summed E-state index contributed by atoms with van der Waals surface area (Å²) >= 11 is 0. The summed E-state index contributed by atoms with van der Waals surface area (Å²) in [6, 6.07) is 13.1. The molecule has 2 N–H and O–H groups in total. The van der Waals surface area contributed by atoms with Crippen LogP contribution in [0.2, 0.25) is 0 Å². The summed E-state index contributed by atoms with van der Waals surface area (Å²) in [5.41, 5.74) is 8.01. The molecule has 0 bridgehead atoms. The number of nitrogen functional groups attached to an aromatic ring is 1. The highest BCUT2D eigenvalue weighted by Crippen LogP contribution is 2.16. The number of nitrogens with zero attached hydrogens (tertiary/aromatic N) is 1. The molecule has 3 nitrogen and oxygen atoms in total. The molecule has 0 aliphatic heterocycles. The zero-order chi connectivity index (χ0) is 15.2. The first-order chi connectivity index (χ1) is 10.1. The number of rotatable bonds is 5. The van der Waals surface area contributed by atoms with Crippen LogP contribution in [0.3, 0.4) is 0 Å². The first kappa shape index (κ1) is 15.0. The van der Waals surface area contributed by atoms with Crippen molar-refractivity contribution >= 4 is 11.6 Å². The first-order valence-corrected chi connectivity index (χ1v) is 7.00. The normalized spacial score (nSPS) is 10.4. The van der Waals surface area contributed by atoms with Gasteiger partial charge in [-0.25, -0.2) is 4.39 Å². The second-order valence-corrected chi connectivity index (χ2v) is 4.93. The maximum absolute atomic E-state index is 13.0. The third kappa shape index (κ3) is 3.81. The van der Waals surface area contributed by atoms with Gasteiger partial charge in [-0.2, -0.15) is 0 Å². The summed E-state index contributed by atoms with van der Waals surface area (Å²) in [6.45, 7) is 3.10. The summed E-state index contributed by atoms with van der Waals surface area (Å²) in [6.07, 6.45) is 0.847. The van der Waals surface area contributed by atoms with Gasteiger partial charge < -0.3 is 10.6 Å². The fourth-order valence-corrected chi connectivity index (χ4v) is 2.18. The van der Waals surface area contributed by atoms with Crippen molar-refractivity contribution < 1.29 is 9.18 Å². The molecule has 0 radical (unpaired) electrons. The number of carbonyl (C=O) groups is 1. The molecule has 2 rings (SSSR count). The number of amides is 1. The number of halogens is 1. The van der Waals surface area contributed by atoms with Crippen molar-refractivity contribution in [3.05, 3.63) is 65.5 Å². The molecule has 4 heteroatoms. The molecule has 2 aromatic carbocycles. The Morgan fingerprint density at radius 3 is 2.43 bits per heavy atom. The average molecular weight is 286 g/mol. The molecule has 21 heavy (non-hydrogen) atoms. The zero-order valence-corrected chi connectivity index (χ0v) is 12.1. The molecule has 110 valence electrons. The highest BCUT2D eigenvalue weighted by molar-refractivity contribution is 5.94. The minimum Gasteiger partial charge on any atom is -0.398 e. The molecule has 0 aromatic heterocycles. The predicted octanol–water partition coefficient (Wildman–Crippen LogP) is 3.46. The molecule has 1 amide bonds. The van der Waals surface area contributed by atoms with Gasteiger partial charge in [0.15, 0.2) is 0 Å². The molecule has 0 spiro atoms. The van der Waals surface area contributed by atoms with E-state index in [1.54, 1.807) is 4.90 Å². The Morgan fingerprint density at radius 2 is 1.81 bits per heavy atom. The number of hydrogen-bond donors (Lipinski definition) is 1. The molecule has 2 aromatic rings. The van der Waals surface area contributed by atoms with E-state index in [2.05, 4.69) is 0 Å². The topological polar surface area (TPSA) is 46.3 Å². The van der Waals surface area contributed by atoms with Gasteiger partial charge in [-0.3, -0.25) is 4.79 Å². The van der Waals surface area contributed by atoms with Crippen LogP contribution in [0.5, 0.6) is 0 Å². The largest absolute Gasteiger partial charge is 0.398 e. The van der Waals surface area contributed by atoms with Crippen LogP contribution in [-0.2, 0) is 6.54 Å². The van der Waals surface area contributed by atoms with Crippen molar-refractivity contribution in [2.75, 3.05) is 12.3 Å². The van der Waals surface area contributed by atoms with Crippen LogP contribution >= 0.6 is 0 Å². The van der Waals surface area contributed by atoms with Gasteiger partial charge in [-0.05, 0) is 42.3 Å². The van der Waals surface area contributed by atoms with Crippen molar-refractivity contribution in [1.29, 1.82) is 0 Å². The third-order valence-electron chi connectivity index (χ3n) is 3.29. The molecule has 0 unspecified atom stereocenters. The van der Waals surface area contributed by atoms with Crippen LogP contribution < -0.4 is 5.73 Å². The van der Waals surface area contributed by atoms with E-state index in [4.69, 9.17) is 5.73 Å². The maximum Gasteiger partial charge on any atom is 0.254 e. The van der Waals surface area contributed by atoms with Crippen LogP contribution in [0.15, 0.2) is 48.5 Å². The van der Waals surface area contributed by atoms with Gasteiger partial charge in [-0.15, -0.1) is 0 Å². The lowest BCUT2D eigenvalue weighted by molar-refractivity contribution is 0.0743. The fraction of sp³-hybridized carbons (Fsp3) is 0.235. The van der Waals surface area contributed by atoms with Crippen molar-refractivity contribution in [2.45, 2.75) is 19.9 Å². The number of hydrogen-bond acceptors (Lipinski definition) is 2. The second kappa shape index (κ2) is 6.88. The van der Waals surface area contributed by atoms with E-state index in [0.717, 1.165) is 12.0 Å². The Balaban J connectivity index is 2.20. The van der Waals surface area contributed by atoms with Crippen LogP contribution in [-0.4, -0.2) is 17.4 Å². The molecule has 0 saturated carbocycles. The average Bonchev–Trinajstić information content (AvgIpc) is 2.49. The number of para-hydroxylation sites is 1. The van der Waals surface area contributed by atoms with Gasteiger partial charge >= 0.3 is 0 Å². The molecule has 0 fully saturated rings.